The third-order valence-electron chi connectivity index (χ3n) is 4.07. The Morgan fingerprint density at radius 2 is 1.72 bits per heavy atom. The average molecular weight is 502 g/mol. The summed E-state index contributed by atoms with van der Waals surface area (Å²) in [7, 11) is -5.04. The van der Waals surface area contributed by atoms with Gasteiger partial charge in [0.1, 0.15) is 34.9 Å². The van der Waals surface area contributed by atoms with Gasteiger partial charge in [-0.05, 0) is 31.3 Å². The monoisotopic (exact) mass is 501 g/mol. The number of ether oxygens (including phenoxy) is 1. The van der Waals surface area contributed by atoms with Crippen molar-refractivity contribution in [1.82, 2.24) is 0 Å². The Balaban J connectivity index is 0.00000784. The van der Waals surface area contributed by atoms with Gasteiger partial charge in [-0.25, -0.2) is 0 Å². The van der Waals surface area contributed by atoms with Gasteiger partial charge in [-0.15, -0.1) is 0 Å². The van der Waals surface area contributed by atoms with Crippen LogP contribution in [0.15, 0.2) is 5.16 Å². The quantitative estimate of drug-likeness (QED) is 0.0409. The number of aliphatic hydroxyl groups is 4. The second-order valence-corrected chi connectivity index (χ2v) is 9.42. The molecule has 0 aromatic carbocycles. The van der Waals surface area contributed by atoms with Gasteiger partial charge in [-0.2, -0.15) is 20.2 Å². The molecule has 10 nitrogen and oxygen atoms in total. The molecule has 14 heteroatoms. The Labute approximate surface area is 222 Å². The molecule has 0 aliphatic carbocycles. The number of aliphatic hydroxyl groups excluding tert-OH is 4. The molecular weight excluding hydrogens is 473 g/mol. The van der Waals surface area contributed by atoms with Crippen molar-refractivity contribution < 1.29 is 93.8 Å². The number of hydrogen-bond acceptors (Lipinski definition) is 12. The van der Waals surface area contributed by atoms with E-state index in [0.717, 1.165) is 43.2 Å². The Hall–Kier alpha value is 1.52. The van der Waals surface area contributed by atoms with Crippen LogP contribution in [0, 0.1) is 0 Å². The Kier molecular flexibility index (Phi) is 17.0. The molecule has 1 aliphatic heterocycles. The molecule has 0 aromatic rings. The first-order chi connectivity index (χ1) is 13.2. The van der Waals surface area contributed by atoms with Gasteiger partial charge in [0.25, 0.3) is 10.4 Å². The number of unbranched alkanes of at least 4 members (excludes halogenated alkanes) is 4. The summed E-state index contributed by atoms with van der Waals surface area (Å²) < 4.78 is 41.4. The molecular formula is C15H28KNO9S3. The zero-order valence-corrected chi connectivity index (χ0v) is 22.1. The topological polar surface area (TPSA) is 169 Å². The van der Waals surface area contributed by atoms with Crippen LogP contribution in [0.1, 0.15) is 38.5 Å². The number of oxime groups is 1. The second kappa shape index (κ2) is 16.2. The molecule has 0 bridgehead atoms. The summed E-state index contributed by atoms with van der Waals surface area (Å²) >= 11 is 2.56. The Bertz CT molecular complexity index is 579. The van der Waals surface area contributed by atoms with E-state index in [9.17, 15) is 33.4 Å². The number of hydrogen-bond donors (Lipinski definition) is 4. The van der Waals surface area contributed by atoms with E-state index in [1.54, 1.807) is 11.8 Å². The predicted molar refractivity (Wildman–Crippen MR) is 106 cm³/mol. The summed E-state index contributed by atoms with van der Waals surface area (Å²) in [4.78, 5) is 0. The molecule has 1 saturated heterocycles. The van der Waals surface area contributed by atoms with Crippen LogP contribution in [0.4, 0.5) is 0 Å². The van der Waals surface area contributed by atoms with Crippen LogP contribution < -0.4 is 51.4 Å². The van der Waals surface area contributed by atoms with Crippen LogP contribution in [0.25, 0.3) is 0 Å². The second-order valence-electron chi connectivity index (χ2n) is 6.29. The molecule has 4 N–H and O–H groups in total. The summed E-state index contributed by atoms with van der Waals surface area (Å²) in [6.07, 6.45) is 1.30. The van der Waals surface area contributed by atoms with Gasteiger partial charge < -0.3 is 29.7 Å². The molecule has 0 unspecified atom stereocenters. The van der Waals surface area contributed by atoms with Crippen molar-refractivity contribution in [1.29, 1.82) is 0 Å². The molecule has 5 atom stereocenters. The molecule has 166 valence electrons. The Morgan fingerprint density at radius 3 is 2.31 bits per heavy atom. The number of nitrogens with zero attached hydrogens (tertiary/aromatic N) is 1. The zero-order valence-electron chi connectivity index (χ0n) is 16.5. The van der Waals surface area contributed by atoms with Crippen LogP contribution in [0.3, 0.4) is 0 Å². The van der Waals surface area contributed by atoms with Crippen molar-refractivity contribution in [2.24, 2.45) is 5.16 Å². The molecule has 0 saturated carbocycles. The molecule has 1 heterocycles. The van der Waals surface area contributed by atoms with Crippen LogP contribution in [-0.4, -0.2) is 86.9 Å². The predicted octanol–water partition coefficient (Wildman–Crippen LogP) is -2.98. The van der Waals surface area contributed by atoms with Gasteiger partial charge in [0.05, 0.1) is 6.61 Å². The van der Waals surface area contributed by atoms with Crippen LogP contribution >= 0.6 is 23.5 Å². The van der Waals surface area contributed by atoms with Crippen LogP contribution in [-0.2, 0) is 19.4 Å². The first kappa shape index (κ1) is 30.5. The standard InChI is InChI=1S/C15H29NO9S3.K/c1-26-8-6-4-2-3-5-7-11(16-25-28(21,22)23)27-15-14(20)13(19)12(18)10(9-17)24-15;/h10,12-15,17-20H,2-9H2,1H3,(H,21,22,23);/q;+1/p-1/b16-11-;/t10-,12-,13+,14-,15+;/m1./s1. The fourth-order valence-electron chi connectivity index (χ4n) is 2.57. The minimum atomic E-state index is -5.04. The fraction of sp³-hybridized carbons (Fsp3) is 0.933. The van der Waals surface area contributed by atoms with E-state index in [-0.39, 0.29) is 62.8 Å². The van der Waals surface area contributed by atoms with Gasteiger partial charge in [0, 0.05) is 0 Å². The number of thioether (sulfide) groups is 2. The summed E-state index contributed by atoms with van der Waals surface area (Å²) in [6, 6.07) is 0. The molecule has 0 spiro atoms. The third-order valence-corrected chi connectivity index (χ3v) is 6.20. The van der Waals surface area contributed by atoms with Gasteiger partial charge in [0.2, 0.25) is 0 Å². The first-order valence-electron chi connectivity index (χ1n) is 8.87. The van der Waals surface area contributed by atoms with Crippen molar-refractivity contribution in [2.45, 2.75) is 68.4 Å². The fourth-order valence-corrected chi connectivity index (χ4v) is 4.40. The summed E-state index contributed by atoms with van der Waals surface area (Å²) in [5.74, 6) is 1.09. The van der Waals surface area contributed by atoms with Gasteiger partial charge in [-0.1, -0.05) is 36.2 Å². The van der Waals surface area contributed by atoms with Crippen molar-refractivity contribution in [2.75, 3.05) is 18.6 Å². The SMILES string of the molecule is CSCCCCCCC/C(=N/OS(=O)(=O)[O-])S[C@@H]1O[C@H](CO)[C@@H](O)[C@H](O)[C@H]1O.[K+]. The van der Waals surface area contributed by atoms with E-state index < -0.39 is 46.9 Å². The van der Waals surface area contributed by atoms with E-state index in [0.29, 0.717) is 6.42 Å². The van der Waals surface area contributed by atoms with Crippen molar-refractivity contribution in [3.05, 3.63) is 0 Å². The zero-order chi connectivity index (χ0) is 21.2. The van der Waals surface area contributed by atoms with E-state index in [4.69, 9.17) is 4.74 Å². The molecule has 0 amide bonds. The summed E-state index contributed by atoms with van der Waals surface area (Å²) in [5.41, 5.74) is -1.13. The number of rotatable bonds is 12. The maximum atomic E-state index is 10.7. The van der Waals surface area contributed by atoms with E-state index in [1.165, 1.54) is 0 Å². The molecule has 0 radical (unpaired) electrons. The van der Waals surface area contributed by atoms with E-state index in [2.05, 4.69) is 9.44 Å². The van der Waals surface area contributed by atoms with Crippen molar-refractivity contribution >= 4 is 39.0 Å². The van der Waals surface area contributed by atoms with E-state index >= 15 is 0 Å². The summed E-state index contributed by atoms with van der Waals surface area (Å²) in [6.45, 7) is -0.587. The van der Waals surface area contributed by atoms with E-state index in [1.807, 2.05) is 6.26 Å². The maximum Gasteiger partial charge on any atom is 1.00 e. The minimum Gasteiger partial charge on any atom is -0.714 e. The normalized spacial score (nSPS) is 28.1. The molecule has 1 aliphatic rings. The van der Waals surface area contributed by atoms with Gasteiger partial charge in [-0.3, -0.25) is 4.28 Å². The molecule has 29 heavy (non-hydrogen) atoms. The van der Waals surface area contributed by atoms with Crippen LogP contribution in [0.2, 0.25) is 0 Å². The van der Waals surface area contributed by atoms with Crippen molar-refractivity contribution in [3.63, 3.8) is 0 Å². The minimum absolute atomic E-state index is 0. The smallest absolute Gasteiger partial charge is 0.714 e. The maximum absolute atomic E-state index is 10.7. The first-order valence-corrected chi connectivity index (χ1v) is 12.5. The average Bonchev–Trinajstić information content (AvgIpc) is 2.64. The Morgan fingerprint density at radius 1 is 1.10 bits per heavy atom. The largest absolute Gasteiger partial charge is 1.00 e. The van der Waals surface area contributed by atoms with Crippen LogP contribution in [0.5, 0.6) is 0 Å². The molecule has 1 rings (SSSR count). The van der Waals surface area contributed by atoms with Gasteiger partial charge in [0.15, 0.2) is 0 Å². The van der Waals surface area contributed by atoms with Gasteiger partial charge >= 0.3 is 51.4 Å². The third kappa shape index (κ3) is 12.4. The molecule has 1 fully saturated rings. The summed E-state index contributed by atoms with van der Waals surface area (Å²) in [5, 5.41) is 42.4. The molecule has 0 aromatic heterocycles. The van der Waals surface area contributed by atoms with Crippen molar-refractivity contribution in [3.8, 4) is 0 Å².